The number of rotatable bonds is 5. The number of sulfonamides is 1. The molecule has 2 heterocycles. The minimum Gasteiger partial charge on any atom is -0.369 e. The summed E-state index contributed by atoms with van der Waals surface area (Å²) in [5.74, 6) is -0.943. The number of halogens is 1. The van der Waals surface area contributed by atoms with Crippen molar-refractivity contribution in [2.24, 2.45) is 0 Å². The van der Waals surface area contributed by atoms with Gasteiger partial charge < -0.3 is 10.2 Å². The van der Waals surface area contributed by atoms with E-state index >= 15 is 0 Å². The van der Waals surface area contributed by atoms with E-state index in [2.05, 4.69) is 35.3 Å². The molecule has 1 aliphatic heterocycles. The van der Waals surface area contributed by atoms with E-state index in [0.717, 1.165) is 28.2 Å². The molecule has 0 radical (unpaired) electrons. The number of aryl methyl sites for hydroxylation is 2. The monoisotopic (exact) mass is 473 g/mol. The number of carbonyl (C=O) groups is 1. The number of amides is 1. The van der Waals surface area contributed by atoms with Crippen molar-refractivity contribution in [2.45, 2.75) is 18.7 Å². The lowest BCUT2D eigenvalue weighted by atomic mass is 10.1. The van der Waals surface area contributed by atoms with E-state index < -0.39 is 21.7 Å². The smallest absolute Gasteiger partial charge is 0.267 e. The van der Waals surface area contributed by atoms with Crippen LogP contribution >= 0.6 is 11.3 Å². The molecule has 1 aromatic heterocycles. The molecule has 1 aliphatic rings. The second kappa shape index (κ2) is 9.01. The number of nitrogens with zero attached hydrogens (tertiary/aromatic N) is 2. The molecule has 0 aliphatic carbocycles. The van der Waals surface area contributed by atoms with Gasteiger partial charge in [-0.1, -0.05) is 12.1 Å². The van der Waals surface area contributed by atoms with Gasteiger partial charge in [0.1, 0.15) is 15.6 Å². The number of hydrogen-bond donors (Lipinski definition) is 1. The van der Waals surface area contributed by atoms with Crippen molar-refractivity contribution >= 4 is 38.6 Å². The van der Waals surface area contributed by atoms with Gasteiger partial charge in [-0.25, -0.2) is 12.8 Å². The highest BCUT2D eigenvalue weighted by molar-refractivity contribution is 7.89. The summed E-state index contributed by atoms with van der Waals surface area (Å²) in [6.45, 7) is 5.92. The number of piperazine rings is 1. The van der Waals surface area contributed by atoms with Gasteiger partial charge in [0.15, 0.2) is 0 Å². The van der Waals surface area contributed by atoms with Crippen molar-refractivity contribution in [3.05, 3.63) is 75.7 Å². The maximum Gasteiger partial charge on any atom is 0.267 e. The molecule has 6 nitrogen and oxygen atoms in total. The summed E-state index contributed by atoms with van der Waals surface area (Å²) in [5.41, 5.74) is 3.84. The first-order valence-electron chi connectivity index (χ1n) is 10.2. The van der Waals surface area contributed by atoms with Gasteiger partial charge in [0, 0.05) is 37.6 Å². The molecule has 3 aromatic rings. The Labute approximate surface area is 191 Å². The van der Waals surface area contributed by atoms with Crippen molar-refractivity contribution in [3.8, 4) is 0 Å². The molecular formula is C23H24FN3O3S2. The summed E-state index contributed by atoms with van der Waals surface area (Å²) < 4.78 is 41.2. The Morgan fingerprint density at radius 2 is 1.69 bits per heavy atom. The quantitative estimate of drug-likeness (QED) is 0.601. The fourth-order valence-corrected chi connectivity index (χ4v) is 6.47. The van der Waals surface area contributed by atoms with Crippen LogP contribution in [0.25, 0.3) is 0 Å². The molecule has 4 rings (SSSR count). The number of nitrogens with one attached hydrogen (secondary N) is 1. The first kappa shape index (κ1) is 22.4. The minimum absolute atomic E-state index is 0.00213. The van der Waals surface area contributed by atoms with Crippen LogP contribution in [0.3, 0.4) is 0 Å². The Balaban J connectivity index is 1.49. The third-order valence-electron chi connectivity index (χ3n) is 5.50. The Bertz CT molecular complexity index is 1230. The molecule has 9 heteroatoms. The van der Waals surface area contributed by atoms with Crippen molar-refractivity contribution in [1.82, 2.24) is 4.31 Å². The summed E-state index contributed by atoms with van der Waals surface area (Å²) >= 11 is 1.07. The van der Waals surface area contributed by atoms with Crippen LogP contribution in [0.5, 0.6) is 0 Å². The van der Waals surface area contributed by atoms with Gasteiger partial charge in [-0.3, -0.25) is 4.79 Å². The highest BCUT2D eigenvalue weighted by atomic mass is 32.2. The van der Waals surface area contributed by atoms with Crippen LogP contribution in [0.1, 0.15) is 20.8 Å². The lowest BCUT2D eigenvalue weighted by Gasteiger charge is -2.36. The SMILES string of the molecule is Cc1ccc(C)c(N2CCN(S(=O)(=O)c3ccsc3C(=O)Nc3ccc(F)cc3)CC2)c1. The lowest BCUT2D eigenvalue weighted by molar-refractivity contribution is 0.102. The fourth-order valence-electron chi connectivity index (χ4n) is 3.76. The van der Waals surface area contributed by atoms with Crippen molar-refractivity contribution < 1.29 is 17.6 Å². The Morgan fingerprint density at radius 1 is 1.00 bits per heavy atom. The number of benzene rings is 2. The van der Waals surface area contributed by atoms with E-state index in [4.69, 9.17) is 0 Å². The topological polar surface area (TPSA) is 69.7 Å². The fraction of sp³-hybridized carbons (Fsp3) is 0.261. The predicted molar refractivity (Wildman–Crippen MR) is 126 cm³/mol. The molecule has 0 atom stereocenters. The maximum absolute atomic E-state index is 13.3. The second-order valence-electron chi connectivity index (χ2n) is 7.76. The lowest BCUT2D eigenvalue weighted by Crippen LogP contribution is -2.49. The van der Waals surface area contributed by atoms with Gasteiger partial charge in [0.2, 0.25) is 10.0 Å². The molecular weight excluding hydrogens is 449 g/mol. The molecule has 0 unspecified atom stereocenters. The van der Waals surface area contributed by atoms with E-state index in [1.807, 2.05) is 6.92 Å². The van der Waals surface area contributed by atoms with Gasteiger partial charge in [0.25, 0.3) is 5.91 Å². The molecule has 1 saturated heterocycles. The van der Waals surface area contributed by atoms with E-state index in [-0.39, 0.29) is 9.77 Å². The Morgan fingerprint density at radius 3 is 2.38 bits per heavy atom. The van der Waals surface area contributed by atoms with Crippen LogP contribution in [0, 0.1) is 19.7 Å². The first-order valence-corrected chi connectivity index (χ1v) is 12.5. The van der Waals surface area contributed by atoms with Crippen LogP contribution in [0.15, 0.2) is 58.8 Å². The van der Waals surface area contributed by atoms with Gasteiger partial charge >= 0.3 is 0 Å². The van der Waals surface area contributed by atoms with E-state index in [9.17, 15) is 17.6 Å². The molecule has 1 amide bonds. The van der Waals surface area contributed by atoms with E-state index in [1.54, 1.807) is 5.38 Å². The largest absolute Gasteiger partial charge is 0.369 e. The zero-order valence-electron chi connectivity index (χ0n) is 17.8. The minimum atomic E-state index is -3.82. The average Bonchev–Trinajstić information content (AvgIpc) is 3.28. The number of carbonyl (C=O) groups excluding carboxylic acids is 1. The van der Waals surface area contributed by atoms with Crippen LogP contribution in [-0.2, 0) is 10.0 Å². The van der Waals surface area contributed by atoms with Crippen LogP contribution in [0.2, 0.25) is 0 Å². The van der Waals surface area contributed by atoms with Crippen molar-refractivity contribution in [1.29, 1.82) is 0 Å². The summed E-state index contributed by atoms with van der Waals surface area (Å²) in [6, 6.07) is 13.1. The number of hydrogen-bond acceptors (Lipinski definition) is 5. The zero-order valence-corrected chi connectivity index (χ0v) is 19.5. The molecule has 168 valence electrons. The third kappa shape index (κ3) is 4.55. The number of anilines is 2. The average molecular weight is 474 g/mol. The zero-order chi connectivity index (χ0) is 22.9. The molecule has 0 saturated carbocycles. The molecule has 2 aromatic carbocycles. The highest BCUT2D eigenvalue weighted by Crippen LogP contribution is 2.29. The second-order valence-corrected chi connectivity index (χ2v) is 10.6. The molecule has 1 fully saturated rings. The van der Waals surface area contributed by atoms with Crippen molar-refractivity contribution in [2.75, 3.05) is 36.4 Å². The molecule has 0 spiro atoms. The standard InChI is InChI=1S/C23H24FN3O3S2/c1-16-3-4-17(2)20(15-16)26-10-12-27(13-11-26)32(29,30)21-9-14-31-22(21)23(28)25-19-7-5-18(24)6-8-19/h3-9,14-15H,10-13H2,1-2H3,(H,25,28). The Kier molecular flexibility index (Phi) is 6.32. The van der Waals surface area contributed by atoms with E-state index in [0.29, 0.717) is 31.9 Å². The van der Waals surface area contributed by atoms with Crippen molar-refractivity contribution in [3.63, 3.8) is 0 Å². The normalized spacial score (nSPS) is 15.0. The molecule has 0 bridgehead atoms. The highest BCUT2D eigenvalue weighted by Gasteiger charge is 2.33. The van der Waals surface area contributed by atoms with Gasteiger partial charge in [-0.2, -0.15) is 4.31 Å². The first-order chi connectivity index (χ1) is 15.3. The van der Waals surface area contributed by atoms with Gasteiger partial charge in [-0.15, -0.1) is 11.3 Å². The summed E-state index contributed by atoms with van der Waals surface area (Å²) in [5, 5.41) is 4.24. The number of thiophene rings is 1. The Hall–Kier alpha value is -2.75. The summed E-state index contributed by atoms with van der Waals surface area (Å²) in [7, 11) is -3.82. The van der Waals surface area contributed by atoms with Gasteiger partial charge in [-0.05, 0) is 66.8 Å². The maximum atomic E-state index is 13.3. The van der Waals surface area contributed by atoms with Crippen LogP contribution in [-0.4, -0.2) is 44.8 Å². The molecule has 32 heavy (non-hydrogen) atoms. The van der Waals surface area contributed by atoms with E-state index in [1.165, 1.54) is 34.6 Å². The van der Waals surface area contributed by atoms with Crippen LogP contribution in [0.4, 0.5) is 15.8 Å². The van der Waals surface area contributed by atoms with Gasteiger partial charge in [0.05, 0.1) is 0 Å². The van der Waals surface area contributed by atoms with Crippen LogP contribution < -0.4 is 10.2 Å². The molecule has 1 N–H and O–H groups in total. The summed E-state index contributed by atoms with van der Waals surface area (Å²) in [6.07, 6.45) is 0. The summed E-state index contributed by atoms with van der Waals surface area (Å²) in [4.78, 5) is 15.0. The predicted octanol–water partition coefficient (Wildman–Crippen LogP) is 4.27. The third-order valence-corrected chi connectivity index (χ3v) is 8.48.